The Hall–Kier alpha value is -5.92. The van der Waals surface area contributed by atoms with Crippen molar-refractivity contribution >= 4 is 74.3 Å². The average Bonchev–Trinajstić information content (AvgIpc) is 3.90. The van der Waals surface area contributed by atoms with E-state index in [1.807, 2.05) is 103 Å². The number of halogens is 2. The van der Waals surface area contributed by atoms with Gasteiger partial charge >= 0.3 is 6.03 Å². The van der Waals surface area contributed by atoms with Crippen molar-refractivity contribution in [2.75, 3.05) is 31.5 Å². The number of carbonyl (C=O) groups is 4. The lowest BCUT2D eigenvalue weighted by Gasteiger charge is -2.23. The molecule has 0 unspecified atom stereocenters. The van der Waals surface area contributed by atoms with Crippen LogP contribution in [0.4, 0.5) is 10.5 Å². The van der Waals surface area contributed by atoms with Crippen LogP contribution in [0.1, 0.15) is 41.5 Å². The maximum Gasteiger partial charge on any atom is 0.319 e. The Morgan fingerprint density at radius 1 is 0.705 bits per heavy atom. The molecule has 61 heavy (non-hydrogen) atoms. The van der Waals surface area contributed by atoms with Crippen molar-refractivity contribution in [3.8, 4) is 0 Å². The number of benzene rings is 5. The van der Waals surface area contributed by atoms with Crippen molar-refractivity contribution in [3.63, 3.8) is 0 Å². The number of urea groups is 1. The molecule has 0 radical (unpaired) electrons. The average molecular weight is 862 g/mol. The first kappa shape index (κ1) is 43.2. The summed E-state index contributed by atoms with van der Waals surface area (Å²) in [7, 11) is 0. The number of hydrogen-bond donors (Lipinski definition) is 6. The molecule has 0 aliphatic carbocycles. The summed E-state index contributed by atoms with van der Waals surface area (Å²) >= 11 is 13.1. The van der Waals surface area contributed by atoms with E-state index in [-0.39, 0.29) is 31.8 Å². The maximum absolute atomic E-state index is 13.7. The van der Waals surface area contributed by atoms with Crippen LogP contribution in [0, 0.1) is 0 Å². The van der Waals surface area contributed by atoms with Gasteiger partial charge in [-0.2, -0.15) is 0 Å². The van der Waals surface area contributed by atoms with Crippen molar-refractivity contribution in [3.05, 3.63) is 148 Å². The van der Waals surface area contributed by atoms with Gasteiger partial charge in [-0.25, -0.2) is 4.79 Å². The van der Waals surface area contributed by atoms with Gasteiger partial charge in [0.15, 0.2) is 0 Å². The zero-order chi connectivity index (χ0) is 42.7. The standard InChI is InChI=1S/C47H50Cl2N8O4/c48-39-13-8-14-40(49)38(39)30-57-29-35(28-56-21-6-7-22-56)37-25-36(17-18-43(37)57)53-47(61)52-27-44(58)54-41(19-20-50)46(60)55-42(45(59)51-26-31-9-2-1-3-10-31)24-32-15-16-33-11-4-5-12-34(33)23-32/h1-5,8-18,23,25,29,41-42H,6-7,19-22,24,26-28,30,50H2,(H,51,59)(H,54,58)(H,55,60)(H2,52,53,61)/t41-,42-/m0/s1. The molecule has 0 spiro atoms. The number of hydrogen-bond acceptors (Lipinski definition) is 6. The van der Waals surface area contributed by atoms with Gasteiger partial charge in [0, 0.05) is 57.9 Å². The van der Waals surface area contributed by atoms with E-state index in [2.05, 4.69) is 42.2 Å². The number of fused-ring (bicyclic) bond motifs is 2. The number of nitrogens with zero attached hydrogens (tertiary/aromatic N) is 2. The summed E-state index contributed by atoms with van der Waals surface area (Å²) in [6, 6.07) is 31.9. The smallest absolute Gasteiger partial charge is 0.319 e. The van der Waals surface area contributed by atoms with E-state index in [1.165, 1.54) is 0 Å². The molecule has 1 saturated heterocycles. The molecule has 316 valence electrons. The monoisotopic (exact) mass is 860 g/mol. The maximum atomic E-state index is 13.7. The van der Waals surface area contributed by atoms with Crippen LogP contribution in [0.3, 0.4) is 0 Å². The molecule has 7 N–H and O–H groups in total. The molecule has 2 atom stereocenters. The van der Waals surface area contributed by atoms with Crippen LogP contribution in [-0.4, -0.2) is 71.5 Å². The van der Waals surface area contributed by atoms with E-state index in [1.54, 1.807) is 6.07 Å². The Balaban J connectivity index is 0.987. The minimum Gasteiger partial charge on any atom is -0.350 e. The SMILES string of the molecule is NCC[C@H](NC(=O)CNC(=O)Nc1ccc2c(c1)c(CN1CCCC1)cn2Cc1c(Cl)cccc1Cl)C(=O)N[C@@H](Cc1ccc2ccccc2c1)C(=O)NCc1ccccc1. The van der Waals surface area contributed by atoms with Crippen molar-refractivity contribution in [2.45, 2.75) is 57.4 Å². The molecule has 5 amide bonds. The zero-order valence-corrected chi connectivity index (χ0v) is 35.3. The summed E-state index contributed by atoms with van der Waals surface area (Å²) in [5.41, 5.74) is 11.1. The van der Waals surface area contributed by atoms with E-state index in [4.69, 9.17) is 28.9 Å². The van der Waals surface area contributed by atoms with Gasteiger partial charge in [0.2, 0.25) is 17.7 Å². The highest BCUT2D eigenvalue weighted by molar-refractivity contribution is 6.36. The Kier molecular flexibility index (Phi) is 14.6. The number of rotatable bonds is 17. The highest BCUT2D eigenvalue weighted by Gasteiger charge is 2.27. The van der Waals surface area contributed by atoms with E-state index < -0.39 is 36.5 Å². The second kappa shape index (κ2) is 20.6. The molecule has 1 aliphatic heterocycles. The topological polar surface area (TPSA) is 163 Å². The number of likely N-dealkylation sites (tertiary alicyclic amines) is 1. The molecule has 14 heteroatoms. The number of anilines is 1. The van der Waals surface area contributed by atoms with Gasteiger partial charge in [-0.1, -0.05) is 102 Å². The van der Waals surface area contributed by atoms with Crippen molar-refractivity contribution in [2.24, 2.45) is 5.73 Å². The third-order valence-corrected chi connectivity index (χ3v) is 11.6. The predicted octanol–water partition coefficient (Wildman–Crippen LogP) is 6.74. The Morgan fingerprint density at radius 3 is 2.20 bits per heavy atom. The van der Waals surface area contributed by atoms with E-state index >= 15 is 0 Å². The zero-order valence-electron chi connectivity index (χ0n) is 33.8. The molecule has 1 fully saturated rings. The minimum atomic E-state index is -1.05. The minimum absolute atomic E-state index is 0.0944. The van der Waals surface area contributed by atoms with Gasteiger partial charge in [-0.05, 0) is 96.7 Å². The third-order valence-electron chi connectivity index (χ3n) is 10.9. The third kappa shape index (κ3) is 11.5. The summed E-state index contributed by atoms with van der Waals surface area (Å²) in [5.74, 6) is -1.53. The van der Waals surface area contributed by atoms with Gasteiger partial charge in [0.05, 0.1) is 13.1 Å². The quantitative estimate of drug-likeness (QED) is 0.0595. The first-order chi connectivity index (χ1) is 29.6. The van der Waals surface area contributed by atoms with Crippen LogP contribution in [0.5, 0.6) is 0 Å². The lowest BCUT2D eigenvalue weighted by atomic mass is 10.0. The first-order valence-corrected chi connectivity index (χ1v) is 21.3. The van der Waals surface area contributed by atoms with Crippen LogP contribution in [0.2, 0.25) is 10.0 Å². The molecule has 12 nitrogen and oxygen atoms in total. The fourth-order valence-electron chi connectivity index (χ4n) is 7.75. The molecule has 6 aromatic rings. The molecular weight excluding hydrogens is 811 g/mol. The number of aromatic nitrogens is 1. The van der Waals surface area contributed by atoms with Crippen LogP contribution < -0.4 is 32.3 Å². The fraction of sp³-hybridized carbons (Fsp3) is 0.277. The summed E-state index contributed by atoms with van der Waals surface area (Å²) < 4.78 is 2.12. The number of carbonyl (C=O) groups excluding carboxylic acids is 4. The van der Waals surface area contributed by atoms with Crippen molar-refractivity contribution < 1.29 is 19.2 Å². The molecule has 1 aliphatic rings. The Labute approximate surface area is 365 Å². The van der Waals surface area contributed by atoms with Crippen LogP contribution in [0.15, 0.2) is 115 Å². The van der Waals surface area contributed by atoms with E-state index in [0.717, 1.165) is 76.4 Å². The summed E-state index contributed by atoms with van der Waals surface area (Å²) in [5, 5.41) is 18.2. The fourth-order valence-corrected chi connectivity index (χ4v) is 8.27. The largest absolute Gasteiger partial charge is 0.350 e. The predicted molar refractivity (Wildman–Crippen MR) is 243 cm³/mol. The lowest BCUT2D eigenvalue weighted by molar-refractivity contribution is -0.132. The van der Waals surface area contributed by atoms with Gasteiger partial charge in [0.1, 0.15) is 12.1 Å². The van der Waals surface area contributed by atoms with Crippen molar-refractivity contribution in [1.29, 1.82) is 0 Å². The second-order valence-corrected chi connectivity index (χ2v) is 16.2. The first-order valence-electron chi connectivity index (χ1n) is 20.5. The van der Waals surface area contributed by atoms with Crippen LogP contribution in [0.25, 0.3) is 21.7 Å². The molecule has 1 aromatic heterocycles. The second-order valence-electron chi connectivity index (χ2n) is 15.4. The van der Waals surface area contributed by atoms with E-state index in [0.29, 0.717) is 22.3 Å². The number of nitrogens with two attached hydrogens (primary N) is 1. The summed E-state index contributed by atoms with van der Waals surface area (Å²) in [4.78, 5) is 56.1. The lowest BCUT2D eigenvalue weighted by Crippen LogP contribution is -2.55. The molecule has 2 heterocycles. The Bertz CT molecular complexity index is 2490. The highest BCUT2D eigenvalue weighted by atomic mass is 35.5. The summed E-state index contributed by atoms with van der Waals surface area (Å²) in [6.45, 7) is 3.25. The number of nitrogens with one attached hydrogen (secondary N) is 5. The molecule has 5 aromatic carbocycles. The van der Waals surface area contributed by atoms with Crippen molar-refractivity contribution in [1.82, 2.24) is 30.7 Å². The molecule has 7 rings (SSSR count). The molecular formula is C47H50Cl2N8O4. The van der Waals surface area contributed by atoms with E-state index in [9.17, 15) is 19.2 Å². The van der Waals surface area contributed by atoms with Crippen LogP contribution >= 0.6 is 23.2 Å². The van der Waals surface area contributed by atoms with Gasteiger partial charge in [-0.15, -0.1) is 0 Å². The van der Waals surface area contributed by atoms with Crippen LogP contribution in [-0.2, 0) is 40.4 Å². The van der Waals surface area contributed by atoms with Gasteiger partial charge < -0.3 is 36.9 Å². The highest BCUT2D eigenvalue weighted by Crippen LogP contribution is 2.31. The van der Waals surface area contributed by atoms with Gasteiger partial charge in [0.25, 0.3) is 0 Å². The molecule has 0 saturated carbocycles. The number of amides is 5. The summed E-state index contributed by atoms with van der Waals surface area (Å²) in [6.07, 6.45) is 4.76. The normalized spacial score (nSPS) is 13.8. The Morgan fingerprint density at radius 2 is 1.44 bits per heavy atom. The van der Waals surface area contributed by atoms with Gasteiger partial charge in [-0.3, -0.25) is 19.3 Å². The molecule has 0 bridgehead atoms.